The van der Waals surface area contributed by atoms with Gasteiger partial charge in [-0.05, 0) is 54.3 Å². The van der Waals surface area contributed by atoms with Crippen molar-refractivity contribution in [2.24, 2.45) is 5.92 Å². The van der Waals surface area contributed by atoms with Crippen LogP contribution >= 0.6 is 0 Å². The van der Waals surface area contributed by atoms with Gasteiger partial charge < -0.3 is 10.1 Å². The van der Waals surface area contributed by atoms with Gasteiger partial charge >= 0.3 is 0 Å². The number of hydrogen-bond acceptors (Lipinski definition) is 3. The van der Waals surface area contributed by atoms with Crippen molar-refractivity contribution in [3.05, 3.63) is 59.5 Å². The first-order valence-corrected chi connectivity index (χ1v) is 7.79. The topological polar surface area (TPSA) is 38.3 Å². The van der Waals surface area contributed by atoms with Crippen molar-refractivity contribution < 1.29 is 9.53 Å². The van der Waals surface area contributed by atoms with Gasteiger partial charge in [0.05, 0.1) is 7.11 Å². The zero-order valence-electron chi connectivity index (χ0n) is 12.8. The standard InChI is InChI=1S/C19H21NO2/c1-22-17-6-4-5-14(12-17)11-16-13-15(9-10-20-16)18-7-2-3-8-19(18)21/h4-6,9-13,18,20H,2-3,7-8H2,1H3. The van der Waals surface area contributed by atoms with Crippen LogP contribution in [0.1, 0.15) is 31.2 Å². The zero-order chi connectivity index (χ0) is 15.4. The third-order valence-corrected chi connectivity index (χ3v) is 4.22. The Hall–Kier alpha value is -2.29. The minimum Gasteiger partial charge on any atom is -0.497 e. The molecule has 114 valence electrons. The second-order valence-electron chi connectivity index (χ2n) is 5.76. The zero-order valence-corrected chi connectivity index (χ0v) is 12.8. The molecule has 1 N–H and O–H groups in total. The first-order chi connectivity index (χ1) is 10.8. The van der Waals surface area contributed by atoms with Gasteiger partial charge in [0.1, 0.15) is 11.5 Å². The molecule has 1 unspecified atom stereocenters. The van der Waals surface area contributed by atoms with Gasteiger partial charge in [0.25, 0.3) is 0 Å². The second kappa shape index (κ2) is 6.65. The van der Waals surface area contributed by atoms with Crippen LogP contribution in [0.2, 0.25) is 0 Å². The highest BCUT2D eigenvalue weighted by Crippen LogP contribution is 2.29. The molecular weight excluding hydrogens is 274 g/mol. The molecule has 1 fully saturated rings. The molecule has 1 aliphatic heterocycles. The summed E-state index contributed by atoms with van der Waals surface area (Å²) in [7, 11) is 1.67. The molecule has 1 aliphatic carbocycles. The minimum atomic E-state index is 0.0702. The first kappa shape index (κ1) is 14.6. The summed E-state index contributed by atoms with van der Waals surface area (Å²) in [4.78, 5) is 12.1. The molecule has 22 heavy (non-hydrogen) atoms. The number of dihydropyridines is 1. The molecule has 3 rings (SSSR count). The highest BCUT2D eigenvalue weighted by molar-refractivity contribution is 5.85. The van der Waals surface area contributed by atoms with Crippen LogP contribution in [0.5, 0.6) is 5.75 Å². The summed E-state index contributed by atoms with van der Waals surface area (Å²) in [6, 6.07) is 7.93. The smallest absolute Gasteiger partial charge is 0.140 e. The lowest BCUT2D eigenvalue weighted by Crippen LogP contribution is -2.22. The van der Waals surface area contributed by atoms with Crippen molar-refractivity contribution in [2.75, 3.05) is 7.11 Å². The molecule has 0 saturated heterocycles. The molecule has 3 heteroatoms. The summed E-state index contributed by atoms with van der Waals surface area (Å²) in [5.41, 5.74) is 3.20. The Morgan fingerprint density at radius 1 is 1.32 bits per heavy atom. The molecule has 1 aromatic rings. The van der Waals surface area contributed by atoms with Crippen LogP contribution in [0, 0.1) is 5.92 Å². The van der Waals surface area contributed by atoms with Gasteiger partial charge in [0.2, 0.25) is 0 Å². The number of nitrogens with one attached hydrogen (secondary N) is 1. The molecule has 0 spiro atoms. The Kier molecular flexibility index (Phi) is 4.42. The van der Waals surface area contributed by atoms with Gasteiger partial charge in [-0.15, -0.1) is 0 Å². The normalized spacial score (nSPS) is 23.1. The van der Waals surface area contributed by atoms with E-state index in [4.69, 9.17) is 4.74 Å². The predicted octanol–water partition coefficient (Wildman–Crippen LogP) is 3.84. The molecule has 0 radical (unpaired) electrons. The molecular formula is C19H21NO2. The summed E-state index contributed by atoms with van der Waals surface area (Å²) in [5, 5.41) is 3.24. The number of ketones is 1. The van der Waals surface area contributed by atoms with Crippen molar-refractivity contribution in [3.63, 3.8) is 0 Å². The van der Waals surface area contributed by atoms with Gasteiger partial charge in [-0.3, -0.25) is 4.79 Å². The molecule has 0 aromatic heterocycles. The number of Topliss-reactive ketones (excluding diaryl/α,β-unsaturated/α-hetero) is 1. The lowest BCUT2D eigenvalue weighted by atomic mass is 9.81. The van der Waals surface area contributed by atoms with Gasteiger partial charge in [-0.25, -0.2) is 0 Å². The maximum Gasteiger partial charge on any atom is 0.140 e. The third-order valence-electron chi connectivity index (χ3n) is 4.22. The molecule has 1 saturated carbocycles. The Morgan fingerprint density at radius 2 is 2.23 bits per heavy atom. The maximum absolute atomic E-state index is 12.1. The monoisotopic (exact) mass is 295 g/mol. The largest absolute Gasteiger partial charge is 0.497 e. The van der Waals surface area contributed by atoms with Gasteiger partial charge in [0.15, 0.2) is 0 Å². The van der Waals surface area contributed by atoms with E-state index in [1.807, 2.05) is 36.5 Å². The van der Waals surface area contributed by atoms with E-state index in [1.165, 1.54) is 0 Å². The average molecular weight is 295 g/mol. The summed E-state index contributed by atoms with van der Waals surface area (Å²) < 4.78 is 5.25. The lowest BCUT2D eigenvalue weighted by Gasteiger charge is -2.23. The van der Waals surface area contributed by atoms with Gasteiger partial charge in [-0.1, -0.05) is 18.6 Å². The molecule has 3 nitrogen and oxygen atoms in total. The number of methoxy groups -OCH3 is 1. The van der Waals surface area contributed by atoms with E-state index in [2.05, 4.69) is 17.5 Å². The van der Waals surface area contributed by atoms with Crippen LogP contribution in [0.3, 0.4) is 0 Å². The molecule has 1 heterocycles. The SMILES string of the molecule is COc1cccc(C=C2C=C(C3CCCCC3=O)C=CN2)c1. The van der Waals surface area contributed by atoms with Crippen LogP contribution in [0.15, 0.2) is 53.9 Å². The Bertz CT molecular complexity index is 655. The van der Waals surface area contributed by atoms with Crippen LogP contribution < -0.4 is 10.1 Å². The van der Waals surface area contributed by atoms with Crippen LogP contribution in [-0.4, -0.2) is 12.9 Å². The van der Waals surface area contributed by atoms with E-state index in [1.54, 1.807) is 7.11 Å². The fraction of sp³-hybridized carbons (Fsp3) is 0.316. The fourth-order valence-electron chi connectivity index (χ4n) is 3.05. The van der Waals surface area contributed by atoms with Crippen molar-refractivity contribution in [1.82, 2.24) is 5.32 Å². The van der Waals surface area contributed by atoms with Gasteiger partial charge in [0, 0.05) is 24.2 Å². The van der Waals surface area contributed by atoms with E-state index in [0.717, 1.165) is 48.3 Å². The number of carbonyl (C=O) groups is 1. The summed E-state index contributed by atoms with van der Waals surface area (Å²) in [6.45, 7) is 0. The number of ether oxygens (including phenoxy) is 1. The number of carbonyl (C=O) groups excluding carboxylic acids is 1. The van der Waals surface area contributed by atoms with E-state index in [-0.39, 0.29) is 5.92 Å². The van der Waals surface area contributed by atoms with Crippen molar-refractivity contribution >= 4 is 11.9 Å². The van der Waals surface area contributed by atoms with E-state index in [0.29, 0.717) is 5.78 Å². The number of rotatable bonds is 3. The Labute approximate surface area is 131 Å². The van der Waals surface area contributed by atoms with Gasteiger partial charge in [-0.2, -0.15) is 0 Å². The highest BCUT2D eigenvalue weighted by atomic mass is 16.5. The minimum absolute atomic E-state index is 0.0702. The van der Waals surface area contributed by atoms with E-state index in [9.17, 15) is 4.79 Å². The highest BCUT2D eigenvalue weighted by Gasteiger charge is 2.25. The van der Waals surface area contributed by atoms with Crippen molar-refractivity contribution in [3.8, 4) is 5.75 Å². The lowest BCUT2D eigenvalue weighted by molar-refractivity contribution is -0.123. The Balaban J connectivity index is 1.83. The molecule has 0 bridgehead atoms. The second-order valence-corrected chi connectivity index (χ2v) is 5.76. The predicted molar refractivity (Wildman–Crippen MR) is 88.3 cm³/mol. The molecule has 2 aliphatic rings. The quantitative estimate of drug-likeness (QED) is 0.920. The number of allylic oxidation sites excluding steroid dienone is 3. The summed E-state index contributed by atoms with van der Waals surface area (Å²) in [5.74, 6) is 1.29. The first-order valence-electron chi connectivity index (χ1n) is 7.79. The van der Waals surface area contributed by atoms with Crippen molar-refractivity contribution in [2.45, 2.75) is 25.7 Å². The van der Waals surface area contributed by atoms with Crippen LogP contribution in [-0.2, 0) is 4.79 Å². The number of benzene rings is 1. The number of hydrogen-bond donors (Lipinski definition) is 1. The Morgan fingerprint density at radius 3 is 3.05 bits per heavy atom. The van der Waals surface area contributed by atoms with Crippen LogP contribution in [0.25, 0.3) is 6.08 Å². The van der Waals surface area contributed by atoms with E-state index >= 15 is 0 Å². The van der Waals surface area contributed by atoms with Crippen molar-refractivity contribution in [1.29, 1.82) is 0 Å². The van der Waals surface area contributed by atoms with E-state index < -0.39 is 0 Å². The van der Waals surface area contributed by atoms with Crippen LogP contribution in [0.4, 0.5) is 0 Å². The summed E-state index contributed by atoms with van der Waals surface area (Å²) >= 11 is 0. The fourth-order valence-corrected chi connectivity index (χ4v) is 3.05. The average Bonchev–Trinajstić information content (AvgIpc) is 2.56. The molecule has 0 amide bonds. The molecule has 1 aromatic carbocycles. The molecule has 1 atom stereocenters. The summed E-state index contributed by atoms with van der Waals surface area (Å²) in [6.07, 6.45) is 12.0. The third kappa shape index (κ3) is 3.30. The maximum atomic E-state index is 12.1.